The van der Waals surface area contributed by atoms with Crippen LogP contribution in [0.3, 0.4) is 0 Å². The second kappa shape index (κ2) is 6.25. The summed E-state index contributed by atoms with van der Waals surface area (Å²) < 4.78 is 0. The van der Waals surface area contributed by atoms with E-state index in [0.717, 1.165) is 18.1 Å². The maximum Gasteiger partial charge on any atom is 0.132 e. The first-order chi connectivity index (χ1) is 10.2. The van der Waals surface area contributed by atoms with Gasteiger partial charge in [-0.3, -0.25) is 0 Å². The zero-order valence-corrected chi connectivity index (χ0v) is 12.9. The summed E-state index contributed by atoms with van der Waals surface area (Å²) in [5.74, 6) is 1.06. The molecule has 0 N–H and O–H groups in total. The number of hydrogen-bond acceptors (Lipinski definition) is 3. The average molecular weight is 281 g/mol. The van der Waals surface area contributed by atoms with Crippen molar-refractivity contribution >= 4 is 5.82 Å². The van der Waals surface area contributed by atoms with Crippen molar-refractivity contribution in [1.82, 2.24) is 9.97 Å². The molecule has 0 saturated carbocycles. The molecule has 3 rings (SSSR count). The van der Waals surface area contributed by atoms with E-state index in [0.29, 0.717) is 6.04 Å². The van der Waals surface area contributed by atoms with E-state index in [1.165, 1.54) is 36.8 Å². The Morgan fingerprint density at radius 2 is 1.81 bits per heavy atom. The first-order valence-corrected chi connectivity index (χ1v) is 7.86. The molecule has 3 nitrogen and oxygen atoms in total. The van der Waals surface area contributed by atoms with Gasteiger partial charge in [-0.15, -0.1) is 0 Å². The average Bonchev–Trinajstić information content (AvgIpc) is 2.74. The summed E-state index contributed by atoms with van der Waals surface area (Å²) in [6.07, 6.45) is 6.72. The molecule has 0 bridgehead atoms. The molecule has 0 spiro atoms. The number of hydrogen-bond donors (Lipinski definition) is 0. The standard InChI is InChI=1S/C18H23N3/c1-14-7-9-16(10-8-14)17-6-4-3-5-11-21(17)18-12-15(2)19-13-20-18/h7-10,12-13,17H,3-6,11H2,1-2H3. The van der Waals surface area contributed by atoms with Crippen molar-refractivity contribution < 1.29 is 0 Å². The third-order valence-corrected chi connectivity index (χ3v) is 4.30. The van der Waals surface area contributed by atoms with Gasteiger partial charge < -0.3 is 4.90 Å². The fraction of sp³-hybridized carbons (Fsp3) is 0.444. The highest BCUT2D eigenvalue weighted by molar-refractivity contribution is 5.43. The number of nitrogens with zero attached hydrogens (tertiary/aromatic N) is 3. The quantitative estimate of drug-likeness (QED) is 0.825. The lowest BCUT2D eigenvalue weighted by Crippen LogP contribution is -2.29. The van der Waals surface area contributed by atoms with E-state index in [2.05, 4.69) is 52.1 Å². The molecule has 1 aromatic heterocycles. The molecule has 1 aromatic carbocycles. The van der Waals surface area contributed by atoms with Crippen LogP contribution in [0.2, 0.25) is 0 Å². The highest BCUT2D eigenvalue weighted by atomic mass is 15.2. The topological polar surface area (TPSA) is 29.0 Å². The number of rotatable bonds is 2. The Morgan fingerprint density at radius 1 is 1.00 bits per heavy atom. The van der Waals surface area contributed by atoms with Crippen molar-refractivity contribution in [2.75, 3.05) is 11.4 Å². The van der Waals surface area contributed by atoms with E-state index in [9.17, 15) is 0 Å². The van der Waals surface area contributed by atoms with Crippen LogP contribution in [-0.2, 0) is 0 Å². The maximum absolute atomic E-state index is 4.51. The molecule has 2 aromatic rings. The SMILES string of the molecule is Cc1ccc(C2CCCCCN2c2cc(C)ncn2)cc1. The molecule has 1 aliphatic rings. The number of aryl methyl sites for hydroxylation is 2. The lowest BCUT2D eigenvalue weighted by Gasteiger charge is -2.31. The van der Waals surface area contributed by atoms with Crippen LogP contribution < -0.4 is 4.90 Å². The summed E-state index contributed by atoms with van der Waals surface area (Å²) in [7, 11) is 0. The second-order valence-electron chi connectivity index (χ2n) is 5.99. The second-order valence-corrected chi connectivity index (χ2v) is 5.99. The predicted octanol–water partition coefficient (Wildman–Crippen LogP) is 4.22. The van der Waals surface area contributed by atoms with Crippen LogP contribution >= 0.6 is 0 Å². The lowest BCUT2D eigenvalue weighted by atomic mass is 9.99. The van der Waals surface area contributed by atoms with Gasteiger partial charge >= 0.3 is 0 Å². The van der Waals surface area contributed by atoms with Gasteiger partial charge in [-0.1, -0.05) is 42.7 Å². The van der Waals surface area contributed by atoms with Crippen LogP contribution in [0.4, 0.5) is 5.82 Å². The Labute approximate surface area is 127 Å². The van der Waals surface area contributed by atoms with Gasteiger partial charge in [0.2, 0.25) is 0 Å². The minimum absolute atomic E-state index is 0.433. The summed E-state index contributed by atoms with van der Waals surface area (Å²) in [6, 6.07) is 11.5. The first-order valence-electron chi connectivity index (χ1n) is 7.86. The van der Waals surface area contributed by atoms with Gasteiger partial charge in [0.05, 0.1) is 6.04 Å². The molecule has 1 saturated heterocycles. The van der Waals surface area contributed by atoms with Crippen LogP contribution in [-0.4, -0.2) is 16.5 Å². The molecule has 1 aliphatic heterocycles. The lowest BCUT2D eigenvalue weighted by molar-refractivity contribution is 0.596. The summed E-state index contributed by atoms with van der Waals surface area (Å²) in [5.41, 5.74) is 3.75. The summed E-state index contributed by atoms with van der Waals surface area (Å²) in [6.45, 7) is 5.25. The van der Waals surface area contributed by atoms with E-state index in [1.54, 1.807) is 6.33 Å². The summed E-state index contributed by atoms with van der Waals surface area (Å²) in [4.78, 5) is 11.2. The highest BCUT2D eigenvalue weighted by Crippen LogP contribution is 2.33. The van der Waals surface area contributed by atoms with Crippen LogP contribution in [0, 0.1) is 13.8 Å². The third-order valence-electron chi connectivity index (χ3n) is 4.30. The van der Waals surface area contributed by atoms with Gasteiger partial charge in [0.15, 0.2) is 0 Å². The molecule has 21 heavy (non-hydrogen) atoms. The Kier molecular flexibility index (Phi) is 4.18. The third kappa shape index (κ3) is 3.23. The number of benzene rings is 1. The van der Waals surface area contributed by atoms with Crippen molar-refractivity contribution in [2.24, 2.45) is 0 Å². The first kappa shape index (κ1) is 14.1. The Balaban J connectivity index is 1.95. The molecule has 110 valence electrons. The van der Waals surface area contributed by atoms with Crippen molar-refractivity contribution in [3.8, 4) is 0 Å². The zero-order valence-electron chi connectivity index (χ0n) is 12.9. The molecule has 0 radical (unpaired) electrons. The Morgan fingerprint density at radius 3 is 2.57 bits per heavy atom. The maximum atomic E-state index is 4.51. The van der Waals surface area contributed by atoms with Crippen molar-refractivity contribution in [2.45, 2.75) is 45.6 Å². The Bertz CT molecular complexity index is 592. The van der Waals surface area contributed by atoms with Crippen LogP contribution in [0.1, 0.15) is 48.5 Å². The van der Waals surface area contributed by atoms with Crippen LogP contribution in [0.5, 0.6) is 0 Å². The van der Waals surface area contributed by atoms with E-state index in [-0.39, 0.29) is 0 Å². The summed E-state index contributed by atoms with van der Waals surface area (Å²) >= 11 is 0. The molecule has 0 amide bonds. The van der Waals surface area contributed by atoms with Gasteiger partial charge in [-0.25, -0.2) is 9.97 Å². The molecular weight excluding hydrogens is 258 g/mol. The van der Waals surface area contributed by atoms with E-state index >= 15 is 0 Å². The molecule has 1 fully saturated rings. The number of anilines is 1. The monoisotopic (exact) mass is 281 g/mol. The zero-order chi connectivity index (χ0) is 14.7. The van der Waals surface area contributed by atoms with Crippen LogP contribution in [0.15, 0.2) is 36.7 Å². The normalized spacial score (nSPS) is 19.3. The van der Waals surface area contributed by atoms with Gasteiger partial charge in [-0.2, -0.15) is 0 Å². The van der Waals surface area contributed by atoms with E-state index in [1.807, 2.05) is 6.92 Å². The van der Waals surface area contributed by atoms with Crippen molar-refractivity contribution in [1.29, 1.82) is 0 Å². The molecular formula is C18H23N3. The van der Waals surface area contributed by atoms with Gasteiger partial charge in [0.25, 0.3) is 0 Å². The van der Waals surface area contributed by atoms with E-state index < -0.39 is 0 Å². The van der Waals surface area contributed by atoms with Gasteiger partial charge in [-0.05, 0) is 32.3 Å². The molecule has 0 aliphatic carbocycles. The van der Waals surface area contributed by atoms with Gasteiger partial charge in [0.1, 0.15) is 12.1 Å². The largest absolute Gasteiger partial charge is 0.349 e. The predicted molar refractivity (Wildman–Crippen MR) is 86.5 cm³/mol. The Hall–Kier alpha value is -1.90. The summed E-state index contributed by atoms with van der Waals surface area (Å²) in [5, 5.41) is 0. The minimum atomic E-state index is 0.433. The fourth-order valence-electron chi connectivity index (χ4n) is 3.12. The van der Waals surface area contributed by atoms with E-state index in [4.69, 9.17) is 0 Å². The van der Waals surface area contributed by atoms with Crippen molar-refractivity contribution in [3.63, 3.8) is 0 Å². The molecule has 1 atom stereocenters. The highest BCUT2D eigenvalue weighted by Gasteiger charge is 2.23. The molecule has 1 unspecified atom stereocenters. The smallest absolute Gasteiger partial charge is 0.132 e. The van der Waals surface area contributed by atoms with Crippen molar-refractivity contribution in [3.05, 3.63) is 53.5 Å². The minimum Gasteiger partial charge on any atom is -0.349 e. The fourth-order valence-corrected chi connectivity index (χ4v) is 3.12. The number of aromatic nitrogens is 2. The van der Waals surface area contributed by atoms with Crippen LogP contribution in [0.25, 0.3) is 0 Å². The molecule has 2 heterocycles. The van der Waals surface area contributed by atoms with Gasteiger partial charge in [0, 0.05) is 18.3 Å². The molecule has 3 heteroatoms.